The van der Waals surface area contributed by atoms with Crippen molar-refractivity contribution < 1.29 is 9.90 Å². The SMILES string of the molecule is CCC(O)c1cn(CC(=O)N2CCc3sccc3C2)nn1. The van der Waals surface area contributed by atoms with E-state index >= 15 is 0 Å². The van der Waals surface area contributed by atoms with Gasteiger partial charge in [0.25, 0.3) is 0 Å². The van der Waals surface area contributed by atoms with Crippen LogP contribution in [0.15, 0.2) is 17.6 Å². The van der Waals surface area contributed by atoms with E-state index in [2.05, 4.69) is 21.8 Å². The monoisotopic (exact) mass is 306 g/mol. The number of rotatable bonds is 4. The summed E-state index contributed by atoms with van der Waals surface area (Å²) in [4.78, 5) is 15.6. The Bertz CT molecular complexity index is 636. The first-order chi connectivity index (χ1) is 10.2. The van der Waals surface area contributed by atoms with Crippen molar-refractivity contribution >= 4 is 17.2 Å². The van der Waals surface area contributed by atoms with E-state index in [0.717, 1.165) is 13.0 Å². The third-order valence-corrected chi connectivity index (χ3v) is 4.77. The summed E-state index contributed by atoms with van der Waals surface area (Å²) in [7, 11) is 0. The largest absolute Gasteiger partial charge is 0.387 e. The smallest absolute Gasteiger partial charge is 0.244 e. The molecule has 7 heteroatoms. The van der Waals surface area contributed by atoms with Gasteiger partial charge in [0.15, 0.2) is 0 Å². The molecular weight excluding hydrogens is 288 g/mol. The quantitative estimate of drug-likeness (QED) is 0.926. The van der Waals surface area contributed by atoms with Gasteiger partial charge in [0.2, 0.25) is 5.91 Å². The molecule has 0 radical (unpaired) electrons. The zero-order valence-corrected chi connectivity index (χ0v) is 12.7. The Morgan fingerprint density at radius 3 is 3.24 bits per heavy atom. The number of aliphatic hydroxyl groups excluding tert-OH is 1. The number of aliphatic hydroxyl groups is 1. The number of hydrogen-bond donors (Lipinski definition) is 1. The fourth-order valence-corrected chi connectivity index (χ4v) is 3.34. The van der Waals surface area contributed by atoms with Gasteiger partial charge in [0, 0.05) is 18.0 Å². The molecule has 2 aromatic heterocycles. The maximum Gasteiger partial charge on any atom is 0.244 e. The minimum absolute atomic E-state index is 0.0364. The molecular formula is C14H18N4O2S. The van der Waals surface area contributed by atoms with Gasteiger partial charge in [-0.15, -0.1) is 16.4 Å². The van der Waals surface area contributed by atoms with Crippen LogP contribution in [0.2, 0.25) is 0 Å². The number of nitrogens with zero attached hydrogens (tertiary/aromatic N) is 4. The molecule has 0 saturated carbocycles. The minimum atomic E-state index is -0.614. The molecule has 1 aliphatic heterocycles. The van der Waals surface area contributed by atoms with Crippen LogP contribution in [0, 0.1) is 0 Å². The molecule has 1 amide bonds. The lowest BCUT2D eigenvalue weighted by Crippen LogP contribution is -2.37. The Kier molecular flexibility index (Phi) is 4.03. The molecule has 2 aromatic rings. The zero-order valence-electron chi connectivity index (χ0n) is 11.9. The predicted molar refractivity (Wildman–Crippen MR) is 78.7 cm³/mol. The Hall–Kier alpha value is -1.73. The molecule has 3 rings (SSSR count). The Labute approximate surface area is 127 Å². The highest BCUT2D eigenvalue weighted by Crippen LogP contribution is 2.24. The number of hydrogen-bond acceptors (Lipinski definition) is 5. The Morgan fingerprint density at radius 2 is 2.43 bits per heavy atom. The summed E-state index contributed by atoms with van der Waals surface area (Å²) in [5.41, 5.74) is 1.77. The molecule has 21 heavy (non-hydrogen) atoms. The number of carbonyl (C=O) groups excluding carboxylic acids is 1. The summed E-state index contributed by atoms with van der Waals surface area (Å²) in [6, 6.07) is 2.09. The van der Waals surface area contributed by atoms with E-state index in [-0.39, 0.29) is 12.5 Å². The van der Waals surface area contributed by atoms with Gasteiger partial charge in [-0.2, -0.15) is 0 Å². The molecule has 0 bridgehead atoms. The molecule has 3 heterocycles. The van der Waals surface area contributed by atoms with Gasteiger partial charge >= 0.3 is 0 Å². The fourth-order valence-electron chi connectivity index (χ4n) is 2.45. The van der Waals surface area contributed by atoms with Crippen LogP contribution in [0.5, 0.6) is 0 Å². The van der Waals surface area contributed by atoms with Crippen molar-refractivity contribution in [1.29, 1.82) is 0 Å². The van der Waals surface area contributed by atoms with Gasteiger partial charge < -0.3 is 10.0 Å². The average Bonchev–Trinajstić information content (AvgIpc) is 3.14. The fraction of sp³-hybridized carbons (Fsp3) is 0.500. The number of aromatic nitrogens is 3. The van der Waals surface area contributed by atoms with Gasteiger partial charge in [-0.1, -0.05) is 12.1 Å². The van der Waals surface area contributed by atoms with E-state index in [4.69, 9.17) is 0 Å². The maximum atomic E-state index is 12.3. The lowest BCUT2D eigenvalue weighted by molar-refractivity contribution is -0.133. The van der Waals surface area contributed by atoms with E-state index in [1.54, 1.807) is 17.5 Å². The first-order valence-corrected chi connectivity index (χ1v) is 7.96. The first kappa shape index (κ1) is 14.2. The highest BCUT2D eigenvalue weighted by molar-refractivity contribution is 7.10. The molecule has 112 valence electrons. The summed E-state index contributed by atoms with van der Waals surface area (Å²) in [6.07, 6.45) is 2.54. The number of thiophene rings is 1. The van der Waals surface area contributed by atoms with Crippen molar-refractivity contribution in [3.63, 3.8) is 0 Å². The molecule has 0 aliphatic carbocycles. The van der Waals surface area contributed by atoms with Crippen LogP contribution in [-0.2, 0) is 24.3 Å². The van der Waals surface area contributed by atoms with Gasteiger partial charge in [-0.3, -0.25) is 4.79 Å². The van der Waals surface area contributed by atoms with E-state index < -0.39 is 6.10 Å². The average molecular weight is 306 g/mol. The van der Waals surface area contributed by atoms with Crippen LogP contribution in [0.3, 0.4) is 0 Å². The summed E-state index contributed by atoms with van der Waals surface area (Å²) in [5, 5.41) is 19.6. The molecule has 0 saturated heterocycles. The van der Waals surface area contributed by atoms with Crippen LogP contribution < -0.4 is 0 Å². The second kappa shape index (κ2) is 5.95. The maximum absolute atomic E-state index is 12.3. The Balaban J connectivity index is 1.63. The number of carbonyl (C=O) groups is 1. The molecule has 1 N–H and O–H groups in total. The van der Waals surface area contributed by atoms with Crippen molar-refractivity contribution in [2.45, 2.75) is 39.0 Å². The van der Waals surface area contributed by atoms with E-state index in [1.807, 2.05) is 11.8 Å². The number of fused-ring (bicyclic) bond motifs is 1. The normalized spacial score (nSPS) is 15.8. The molecule has 1 unspecified atom stereocenters. The third kappa shape index (κ3) is 2.98. The molecule has 0 aromatic carbocycles. The Morgan fingerprint density at radius 1 is 1.57 bits per heavy atom. The summed E-state index contributed by atoms with van der Waals surface area (Å²) >= 11 is 1.76. The molecule has 1 atom stereocenters. The van der Waals surface area contributed by atoms with Crippen LogP contribution in [0.25, 0.3) is 0 Å². The van der Waals surface area contributed by atoms with Crippen molar-refractivity contribution in [1.82, 2.24) is 19.9 Å². The minimum Gasteiger partial charge on any atom is -0.387 e. The van der Waals surface area contributed by atoms with Gasteiger partial charge in [0.05, 0.1) is 12.3 Å². The molecule has 0 fully saturated rings. The van der Waals surface area contributed by atoms with Crippen LogP contribution in [0.1, 0.15) is 35.6 Å². The second-order valence-corrected chi connectivity index (χ2v) is 6.20. The highest BCUT2D eigenvalue weighted by atomic mass is 32.1. The van der Waals surface area contributed by atoms with Crippen molar-refractivity contribution in [2.75, 3.05) is 6.54 Å². The summed E-state index contributed by atoms with van der Waals surface area (Å²) < 4.78 is 1.50. The van der Waals surface area contributed by atoms with Crippen molar-refractivity contribution in [3.8, 4) is 0 Å². The van der Waals surface area contributed by atoms with Crippen molar-refractivity contribution in [2.24, 2.45) is 0 Å². The molecule has 1 aliphatic rings. The van der Waals surface area contributed by atoms with Crippen molar-refractivity contribution in [3.05, 3.63) is 33.8 Å². The highest BCUT2D eigenvalue weighted by Gasteiger charge is 2.22. The number of amides is 1. The summed E-state index contributed by atoms with van der Waals surface area (Å²) in [5.74, 6) is 0.0364. The lowest BCUT2D eigenvalue weighted by atomic mass is 10.1. The standard InChI is InChI=1S/C14H18N4O2S/c1-2-12(19)11-8-18(16-15-11)9-14(20)17-5-3-13-10(7-17)4-6-21-13/h4,6,8,12,19H,2-3,5,7,9H2,1H3. The van der Waals surface area contributed by atoms with Crippen LogP contribution >= 0.6 is 11.3 Å². The predicted octanol–water partition coefficient (Wildman–Crippen LogP) is 1.37. The lowest BCUT2D eigenvalue weighted by Gasteiger charge is -2.26. The van der Waals surface area contributed by atoms with Crippen LogP contribution in [-0.4, -0.2) is 37.5 Å². The van der Waals surface area contributed by atoms with E-state index in [0.29, 0.717) is 18.7 Å². The summed E-state index contributed by atoms with van der Waals surface area (Å²) in [6.45, 7) is 3.48. The second-order valence-electron chi connectivity index (χ2n) is 5.20. The molecule has 6 nitrogen and oxygen atoms in total. The first-order valence-electron chi connectivity index (χ1n) is 7.08. The molecule has 0 spiro atoms. The van der Waals surface area contributed by atoms with E-state index in [9.17, 15) is 9.90 Å². The van der Waals surface area contributed by atoms with Gasteiger partial charge in [-0.05, 0) is 29.9 Å². The topological polar surface area (TPSA) is 71.2 Å². The zero-order chi connectivity index (χ0) is 14.8. The van der Waals surface area contributed by atoms with Crippen LogP contribution in [0.4, 0.5) is 0 Å². The van der Waals surface area contributed by atoms with Gasteiger partial charge in [0.1, 0.15) is 12.2 Å². The van der Waals surface area contributed by atoms with Gasteiger partial charge in [-0.25, -0.2) is 4.68 Å². The third-order valence-electron chi connectivity index (χ3n) is 3.74. The van der Waals surface area contributed by atoms with E-state index in [1.165, 1.54) is 15.1 Å².